The highest BCUT2D eigenvalue weighted by Gasteiger charge is 2.13. The average Bonchev–Trinajstić information content (AvgIpc) is 3.40. The molecule has 0 amide bonds. The molecule has 86 heavy (non-hydrogen) atoms. The normalized spacial score (nSPS) is 9.74. The predicted molar refractivity (Wildman–Crippen MR) is 400 cm³/mol. The fourth-order valence-corrected chi connectivity index (χ4v) is 21.7. The Balaban J connectivity index is 0.000000485. The fraction of sp³-hybridized carbons (Fsp3) is 0.354. The van der Waals surface area contributed by atoms with E-state index in [4.69, 9.17) is 0 Å². The molecule has 0 atom stereocenters. The highest BCUT2D eigenvalue weighted by atomic mass is 32.2. The minimum absolute atomic E-state index is 0.0325. The van der Waals surface area contributed by atoms with Gasteiger partial charge in [0, 0.05) is 69.0 Å². The first-order valence-electron chi connectivity index (χ1n) is 28.2. The van der Waals surface area contributed by atoms with Gasteiger partial charge >= 0.3 is 0 Å². The summed E-state index contributed by atoms with van der Waals surface area (Å²) in [5.74, 6) is 0. The summed E-state index contributed by atoms with van der Waals surface area (Å²) in [5.41, 5.74) is 6.01. The van der Waals surface area contributed by atoms with Crippen LogP contribution in [0.2, 0.25) is 0 Å². The van der Waals surface area contributed by atoms with E-state index in [9.17, 15) is 30.7 Å². The zero-order chi connectivity index (χ0) is 65.7. The van der Waals surface area contributed by atoms with Crippen molar-refractivity contribution in [2.24, 2.45) is 0 Å². The number of thiophene rings is 14. The van der Waals surface area contributed by atoms with Gasteiger partial charge < -0.3 is 0 Å². The van der Waals surface area contributed by atoms with Crippen LogP contribution in [0.3, 0.4) is 0 Å². The SMILES string of the molecule is CC.CC.CC.CC.CC.CC.CC.Cc1c(F)sc2sccc12.Cc1cc2c(C)c(F)sc2s1.Cc1cc2cc(F)sc2s1.Cc1csc2sc(F)c(C)c12.Cc1csc2sc(F)cc12.Cc1sc2sc(F)cc2c1C.Fc1cc2ccsc2s1. The van der Waals surface area contributed by atoms with Gasteiger partial charge in [0.05, 0.1) is 28.1 Å². The molecule has 0 aliphatic rings. The Labute approximate surface area is 562 Å². The second-order valence-electron chi connectivity index (χ2n) is 15.8. The molecule has 0 N–H and O–H groups in total. The first kappa shape index (κ1) is 81.1. The summed E-state index contributed by atoms with van der Waals surface area (Å²) in [6.45, 7) is 45.7. The van der Waals surface area contributed by atoms with Crippen LogP contribution in [0.25, 0.3) is 65.8 Å². The highest BCUT2D eigenvalue weighted by molar-refractivity contribution is 7.40. The lowest BCUT2D eigenvalue weighted by atomic mass is 10.2. The summed E-state index contributed by atoms with van der Waals surface area (Å²) in [5, 5.41) is 15.2. The molecule has 0 aliphatic carbocycles. The van der Waals surface area contributed by atoms with Gasteiger partial charge in [-0.15, -0.1) is 79.4 Å². The smallest absolute Gasteiger partial charge is 0.181 e. The molecule has 14 aromatic rings. The van der Waals surface area contributed by atoms with Crippen molar-refractivity contribution < 1.29 is 30.7 Å². The minimum atomic E-state index is -0.0862. The van der Waals surface area contributed by atoms with Crippen molar-refractivity contribution in [2.45, 2.75) is 159 Å². The van der Waals surface area contributed by atoms with E-state index in [1.165, 1.54) is 111 Å². The van der Waals surface area contributed by atoms with Gasteiger partial charge in [-0.3, -0.25) is 0 Å². The number of halogens is 7. The summed E-state index contributed by atoms with van der Waals surface area (Å²) in [6, 6.07) is 14.3. The molecule has 0 saturated carbocycles. The van der Waals surface area contributed by atoms with Crippen LogP contribution < -0.4 is 0 Å². The molecule has 0 radical (unpaired) electrons. The molecule has 0 aromatic carbocycles. The molecule has 0 saturated heterocycles. The van der Waals surface area contributed by atoms with E-state index in [1.54, 1.807) is 104 Å². The van der Waals surface area contributed by atoms with E-state index in [0.717, 1.165) is 82.5 Å². The van der Waals surface area contributed by atoms with Crippen LogP contribution in [0, 0.1) is 98.2 Å². The van der Waals surface area contributed by atoms with Gasteiger partial charge in [0.1, 0.15) is 0 Å². The molecule has 0 unspecified atom stereocenters. The topological polar surface area (TPSA) is 0 Å². The number of fused-ring (bicyclic) bond motifs is 7. The van der Waals surface area contributed by atoms with Gasteiger partial charge in [-0.2, -0.15) is 30.7 Å². The zero-order valence-electron chi connectivity index (χ0n) is 53.3. The van der Waals surface area contributed by atoms with Gasteiger partial charge in [0.15, 0.2) is 35.9 Å². The van der Waals surface area contributed by atoms with E-state index >= 15 is 0 Å². The third-order valence-corrected chi connectivity index (χ3v) is 25.9. The Bertz CT molecular complexity index is 3880. The maximum Gasteiger partial charge on any atom is 0.181 e. The molecule has 14 aromatic heterocycles. The predicted octanol–water partition coefficient (Wildman–Crippen LogP) is 31.7. The van der Waals surface area contributed by atoms with E-state index in [2.05, 4.69) is 30.7 Å². The Morgan fingerprint density at radius 2 is 0.674 bits per heavy atom. The summed E-state index contributed by atoms with van der Waals surface area (Å²) in [6.07, 6.45) is 0. The number of aryl methyl sites for hydroxylation is 9. The van der Waals surface area contributed by atoms with Gasteiger partial charge in [-0.05, 0) is 149 Å². The summed E-state index contributed by atoms with van der Waals surface area (Å²) in [4.78, 5) is 3.81. The molecule has 0 aliphatic heterocycles. The summed E-state index contributed by atoms with van der Waals surface area (Å²) < 4.78 is 96.5. The molecular formula is C65H81F7S14. The lowest BCUT2D eigenvalue weighted by Crippen LogP contribution is -1.71. The molecule has 21 heteroatoms. The lowest BCUT2D eigenvalue weighted by Gasteiger charge is -1.86. The van der Waals surface area contributed by atoms with Crippen molar-refractivity contribution in [3.63, 3.8) is 0 Å². The zero-order valence-corrected chi connectivity index (χ0v) is 64.7. The summed E-state index contributed by atoms with van der Waals surface area (Å²) in [7, 11) is 0. The molecule has 0 nitrogen and oxygen atoms in total. The fourth-order valence-electron chi connectivity index (χ4n) is 6.88. The van der Waals surface area contributed by atoms with Gasteiger partial charge in [-0.1, -0.05) is 176 Å². The lowest BCUT2D eigenvalue weighted by molar-refractivity contribution is 0.649. The van der Waals surface area contributed by atoms with Gasteiger partial charge in [0.25, 0.3) is 0 Å². The average molecular weight is 1440 g/mol. The number of rotatable bonds is 0. The highest BCUT2D eigenvalue weighted by Crippen LogP contribution is 2.39. The maximum atomic E-state index is 13.0. The van der Waals surface area contributed by atoms with Gasteiger partial charge in [0.2, 0.25) is 0 Å². The molecule has 0 bridgehead atoms. The van der Waals surface area contributed by atoms with Crippen molar-refractivity contribution in [3.05, 3.63) is 154 Å². The van der Waals surface area contributed by atoms with Crippen LogP contribution in [0.1, 0.15) is 145 Å². The van der Waals surface area contributed by atoms with Crippen LogP contribution in [-0.2, 0) is 0 Å². The third kappa shape index (κ3) is 22.8. The van der Waals surface area contributed by atoms with Crippen molar-refractivity contribution >= 4 is 225 Å². The molecule has 474 valence electrons. The molecule has 0 fully saturated rings. The number of hydrogen-bond donors (Lipinski definition) is 0. The molecule has 14 heterocycles. The standard InChI is InChI=1S/3C8H7FS2.3C7H5FS2.C6H3FS2.7C2H6/c1-4-5(2)10-8-6(4)3-7(9)11-8;1-4-3-10-8-6(4)5(2)7(9)11-8;1-4-3-6-5(2)7(9)11-8(6)10-4;1-4-3-9-7-5(4)2-6(8)10-7;1-4-2-5-3-6(8)10-7(5)9-4;1-4-5-2-3-9-7(5)10-6(4)8;7-5-3-4-1-2-8-6(4)9-5;7*1-2/h3*3H,1-2H3;3*2-3H,1H3;1-3H;7*1-2H3. The quantitative estimate of drug-likeness (QED) is 0.133. The van der Waals surface area contributed by atoms with Crippen molar-refractivity contribution in [2.75, 3.05) is 0 Å². The minimum Gasteiger partial charge on any atom is -0.195 e. The number of hydrogen-bond acceptors (Lipinski definition) is 14. The first-order valence-corrected chi connectivity index (χ1v) is 39.9. The van der Waals surface area contributed by atoms with E-state index in [0.29, 0.717) is 0 Å². The van der Waals surface area contributed by atoms with E-state index in [1.807, 2.05) is 174 Å². The van der Waals surface area contributed by atoms with Crippen LogP contribution >= 0.6 is 159 Å². The van der Waals surface area contributed by atoms with E-state index < -0.39 is 0 Å². The van der Waals surface area contributed by atoms with Crippen molar-refractivity contribution in [1.82, 2.24) is 0 Å². The Hall–Kier alpha value is -2.87. The summed E-state index contributed by atoms with van der Waals surface area (Å²) >= 11 is 20.1. The Morgan fingerprint density at radius 3 is 1.21 bits per heavy atom. The van der Waals surface area contributed by atoms with Crippen LogP contribution in [0.15, 0.2) is 70.1 Å². The van der Waals surface area contributed by atoms with Crippen LogP contribution in [0.4, 0.5) is 30.7 Å². The van der Waals surface area contributed by atoms with E-state index in [-0.39, 0.29) is 35.9 Å². The van der Waals surface area contributed by atoms with Gasteiger partial charge in [-0.25, -0.2) is 0 Å². The van der Waals surface area contributed by atoms with Crippen LogP contribution in [-0.4, -0.2) is 0 Å². The van der Waals surface area contributed by atoms with Crippen LogP contribution in [0.5, 0.6) is 0 Å². The second-order valence-corrected chi connectivity index (χ2v) is 31.9. The molecule has 14 rings (SSSR count). The third-order valence-electron chi connectivity index (χ3n) is 10.7. The monoisotopic (exact) mass is 1440 g/mol. The van der Waals surface area contributed by atoms with Crippen molar-refractivity contribution in [3.8, 4) is 0 Å². The molecule has 0 spiro atoms. The second kappa shape index (κ2) is 42.2. The van der Waals surface area contributed by atoms with Crippen molar-refractivity contribution in [1.29, 1.82) is 0 Å². The Kier molecular flexibility index (Phi) is 39.9. The Morgan fingerprint density at radius 1 is 0.279 bits per heavy atom. The maximum absolute atomic E-state index is 13.0. The first-order chi connectivity index (χ1) is 41.2. The molecular weight excluding hydrogens is 1360 g/mol. The largest absolute Gasteiger partial charge is 0.195 e.